The molecule has 5 heteroatoms. The van der Waals surface area contributed by atoms with Gasteiger partial charge in [0.05, 0.1) is 18.8 Å². The number of aliphatic hydroxyl groups is 3. The SMILES string of the molecule is C#CCCCCCCCCCCC[C@@H](O)C[C@@H](O)CO.CC(=O)O. The van der Waals surface area contributed by atoms with Crippen molar-refractivity contribution in [3.63, 3.8) is 0 Å². The van der Waals surface area contributed by atoms with E-state index in [9.17, 15) is 10.2 Å². The van der Waals surface area contributed by atoms with Gasteiger partial charge in [-0.05, 0) is 12.8 Å². The van der Waals surface area contributed by atoms with Gasteiger partial charge in [-0.2, -0.15) is 0 Å². The van der Waals surface area contributed by atoms with Gasteiger partial charge in [0.25, 0.3) is 5.97 Å². The Hall–Kier alpha value is -1.09. The van der Waals surface area contributed by atoms with Crippen LogP contribution in [0.3, 0.4) is 0 Å². The van der Waals surface area contributed by atoms with Crippen molar-refractivity contribution >= 4 is 5.97 Å². The number of hydrogen-bond donors (Lipinski definition) is 4. The van der Waals surface area contributed by atoms with E-state index in [0.29, 0.717) is 0 Å². The number of carboxylic acids is 1. The largest absolute Gasteiger partial charge is 0.481 e. The number of terminal acetylenes is 1. The Morgan fingerprint density at radius 1 is 0.917 bits per heavy atom. The van der Waals surface area contributed by atoms with Crippen LogP contribution in [0.1, 0.15) is 84.0 Å². The summed E-state index contributed by atoms with van der Waals surface area (Å²) in [5.41, 5.74) is 0. The second-order valence-electron chi connectivity index (χ2n) is 6.17. The first-order valence-electron chi connectivity index (χ1n) is 9.04. The number of carbonyl (C=O) groups is 1. The van der Waals surface area contributed by atoms with Gasteiger partial charge in [0.15, 0.2) is 0 Å². The minimum atomic E-state index is -0.833. The summed E-state index contributed by atoms with van der Waals surface area (Å²) in [6, 6.07) is 0. The van der Waals surface area contributed by atoms with Crippen molar-refractivity contribution in [2.24, 2.45) is 0 Å². The predicted molar refractivity (Wildman–Crippen MR) is 96.6 cm³/mol. The highest BCUT2D eigenvalue weighted by atomic mass is 16.4. The minimum absolute atomic E-state index is 0.265. The second kappa shape index (κ2) is 20.0. The van der Waals surface area contributed by atoms with Gasteiger partial charge in [-0.15, -0.1) is 12.3 Å². The molecule has 0 aliphatic heterocycles. The number of carboxylic acid groups (broad SMARTS) is 1. The van der Waals surface area contributed by atoms with E-state index < -0.39 is 18.2 Å². The van der Waals surface area contributed by atoms with Crippen molar-refractivity contribution in [1.29, 1.82) is 0 Å². The average molecular weight is 344 g/mol. The lowest BCUT2D eigenvalue weighted by Gasteiger charge is -2.13. The Morgan fingerprint density at radius 2 is 1.33 bits per heavy atom. The molecule has 0 unspecified atom stereocenters. The molecule has 0 aliphatic rings. The van der Waals surface area contributed by atoms with E-state index in [1.54, 1.807) is 0 Å². The first-order chi connectivity index (χ1) is 11.4. The van der Waals surface area contributed by atoms with Gasteiger partial charge in [-0.3, -0.25) is 4.79 Å². The highest BCUT2D eigenvalue weighted by Gasteiger charge is 2.10. The Labute approximate surface area is 147 Å². The van der Waals surface area contributed by atoms with Crippen LogP contribution in [0.5, 0.6) is 0 Å². The molecule has 0 fully saturated rings. The van der Waals surface area contributed by atoms with E-state index in [1.165, 1.54) is 38.5 Å². The molecule has 0 saturated carbocycles. The maximum absolute atomic E-state index is 9.61. The van der Waals surface area contributed by atoms with E-state index in [1.807, 2.05) is 0 Å². The molecule has 0 heterocycles. The Morgan fingerprint density at radius 3 is 1.75 bits per heavy atom. The first kappa shape index (κ1) is 25.2. The van der Waals surface area contributed by atoms with Crippen molar-refractivity contribution in [3.8, 4) is 12.3 Å². The van der Waals surface area contributed by atoms with Crippen molar-refractivity contribution in [1.82, 2.24) is 0 Å². The van der Waals surface area contributed by atoms with Crippen molar-refractivity contribution in [2.45, 2.75) is 96.2 Å². The molecule has 4 N–H and O–H groups in total. The Kier molecular flexibility index (Phi) is 20.9. The summed E-state index contributed by atoms with van der Waals surface area (Å²) >= 11 is 0. The fraction of sp³-hybridized carbons (Fsp3) is 0.842. The Bertz CT molecular complexity index is 307. The number of unbranched alkanes of at least 4 members (excludes halogenated alkanes) is 9. The maximum atomic E-state index is 9.61. The van der Waals surface area contributed by atoms with Crippen LogP contribution in [-0.2, 0) is 4.79 Å². The van der Waals surface area contributed by atoms with Gasteiger partial charge in [-0.25, -0.2) is 0 Å². The van der Waals surface area contributed by atoms with Crippen molar-refractivity contribution < 1.29 is 25.2 Å². The lowest BCUT2D eigenvalue weighted by molar-refractivity contribution is -0.134. The third-order valence-corrected chi connectivity index (χ3v) is 3.61. The zero-order valence-corrected chi connectivity index (χ0v) is 15.1. The molecule has 0 aromatic heterocycles. The number of aliphatic carboxylic acids is 1. The third-order valence-electron chi connectivity index (χ3n) is 3.61. The molecule has 0 saturated heterocycles. The quantitative estimate of drug-likeness (QED) is 0.287. The van der Waals surface area contributed by atoms with Crippen LogP contribution in [0.2, 0.25) is 0 Å². The second-order valence-corrected chi connectivity index (χ2v) is 6.17. The third kappa shape index (κ3) is 25.8. The van der Waals surface area contributed by atoms with Crippen LogP contribution in [0.15, 0.2) is 0 Å². The molecule has 0 amide bonds. The van der Waals surface area contributed by atoms with Crippen LogP contribution in [0.25, 0.3) is 0 Å². The van der Waals surface area contributed by atoms with Crippen LogP contribution < -0.4 is 0 Å². The highest BCUT2D eigenvalue weighted by Crippen LogP contribution is 2.13. The average Bonchev–Trinajstić information content (AvgIpc) is 2.52. The zero-order chi connectivity index (χ0) is 18.6. The van der Waals surface area contributed by atoms with Crippen LogP contribution in [0.4, 0.5) is 0 Å². The molecule has 0 radical (unpaired) electrons. The summed E-state index contributed by atoms with van der Waals surface area (Å²) in [5, 5.41) is 34.9. The lowest BCUT2D eigenvalue weighted by atomic mass is 10.0. The van der Waals surface area contributed by atoms with Gasteiger partial charge in [0, 0.05) is 19.8 Å². The number of hydrogen-bond acceptors (Lipinski definition) is 4. The molecule has 0 aromatic carbocycles. The molecule has 0 spiro atoms. The van der Waals surface area contributed by atoms with Gasteiger partial charge >= 0.3 is 0 Å². The molecular weight excluding hydrogens is 308 g/mol. The monoisotopic (exact) mass is 344 g/mol. The summed E-state index contributed by atoms with van der Waals surface area (Å²) in [6.07, 6.45) is 16.8. The summed E-state index contributed by atoms with van der Waals surface area (Å²) in [6.45, 7) is 0.818. The lowest BCUT2D eigenvalue weighted by Crippen LogP contribution is -2.20. The molecule has 0 rings (SSSR count). The van der Waals surface area contributed by atoms with Gasteiger partial charge < -0.3 is 20.4 Å². The predicted octanol–water partition coefficient (Wildman–Crippen LogP) is 3.11. The number of rotatable bonds is 14. The van der Waals surface area contributed by atoms with E-state index in [2.05, 4.69) is 5.92 Å². The van der Waals surface area contributed by atoms with E-state index in [4.69, 9.17) is 21.4 Å². The van der Waals surface area contributed by atoms with Gasteiger partial charge in [0.2, 0.25) is 0 Å². The molecule has 142 valence electrons. The molecule has 0 aromatic rings. The standard InChI is InChI=1S/C17H32O3.C2H4O2/c1-2-3-4-5-6-7-8-9-10-11-12-13-16(19)14-17(20)15-18;1-2(3)4/h1,16-20H,3-15H2;1H3,(H,3,4)/t16-,17-;/m1./s1. The van der Waals surface area contributed by atoms with Gasteiger partial charge in [-0.1, -0.05) is 51.4 Å². The molecule has 2 atom stereocenters. The van der Waals surface area contributed by atoms with E-state index >= 15 is 0 Å². The molecule has 0 aliphatic carbocycles. The van der Waals surface area contributed by atoms with E-state index in [-0.39, 0.29) is 13.0 Å². The topological polar surface area (TPSA) is 98.0 Å². The normalized spacial score (nSPS) is 12.6. The molecule has 0 bridgehead atoms. The van der Waals surface area contributed by atoms with E-state index in [0.717, 1.165) is 39.0 Å². The number of aliphatic hydroxyl groups excluding tert-OH is 3. The zero-order valence-electron chi connectivity index (χ0n) is 15.1. The Balaban J connectivity index is 0. The summed E-state index contributed by atoms with van der Waals surface area (Å²) < 4.78 is 0. The maximum Gasteiger partial charge on any atom is 0.300 e. The minimum Gasteiger partial charge on any atom is -0.481 e. The summed E-state index contributed by atoms with van der Waals surface area (Å²) in [5.74, 6) is 1.83. The summed E-state index contributed by atoms with van der Waals surface area (Å²) in [4.78, 5) is 9.00. The molecular formula is C19H36O5. The molecule has 24 heavy (non-hydrogen) atoms. The van der Waals surface area contributed by atoms with Crippen molar-refractivity contribution in [3.05, 3.63) is 0 Å². The smallest absolute Gasteiger partial charge is 0.300 e. The van der Waals surface area contributed by atoms with Crippen molar-refractivity contribution in [2.75, 3.05) is 6.61 Å². The van der Waals surface area contributed by atoms with Crippen LogP contribution in [0, 0.1) is 12.3 Å². The van der Waals surface area contributed by atoms with Gasteiger partial charge in [0.1, 0.15) is 0 Å². The molecule has 5 nitrogen and oxygen atoms in total. The highest BCUT2D eigenvalue weighted by molar-refractivity contribution is 5.62. The fourth-order valence-corrected chi connectivity index (χ4v) is 2.35. The first-order valence-corrected chi connectivity index (χ1v) is 9.04. The fourth-order valence-electron chi connectivity index (χ4n) is 2.35. The van der Waals surface area contributed by atoms with Crippen LogP contribution in [-0.4, -0.2) is 45.2 Å². The van der Waals surface area contributed by atoms with Crippen LogP contribution >= 0.6 is 0 Å². The summed E-state index contributed by atoms with van der Waals surface area (Å²) in [7, 11) is 0.